The highest BCUT2D eigenvalue weighted by Crippen LogP contribution is 2.34. The molecule has 0 aromatic heterocycles. The summed E-state index contributed by atoms with van der Waals surface area (Å²) in [5, 5.41) is 24.0. The van der Waals surface area contributed by atoms with Crippen molar-refractivity contribution in [2.45, 2.75) is 179 Å². The standard InChI is InChI=1S/C36H60N2O5/c1-3-5-7-9-11-13-15-17-19-21-27-35(37(39)40)29-23-33(24-30-35)43-34-25-31-36(32-26-34,38(41)42)28-22-20-18-16-14-12-10-8-6-4-2/h23-26,29,31H,3-22,27-28,30,32H2,1-2H3. The maximum Gasteiger partial charge on any atom is 0.244 e. The van der Waals surface area contributed by atoms with Crippen LogP contribution in [0.25, 0.3) is 0 Å². The number of ether oxygens (including phenoxy) is 1. The van der Waals surface area contributed by atoms with E-state index in [0.717, 1.165) is 38.5 Å². The molecule has 2 unspecified atom stereocenters. The first-order valence-electron chi connectivity index (χ1n) is 17.6. The molecule has 0 radical (unpaired) electrons. The molecule has 2 atom stereocenters. The minimum atomic E-state index is -1.07. The SMILES string of the molecule is CCCCCCCCCCCCC1([N+](=O)[O-])C=CC(OC2=CCC(CCCCCCCCCCCC)([N+](=O)[O-])C=C2)=CC1. The Balaban J connectivity index is 1.71. The summed E-state index contributed by atoms with van der Waals surface area (Å²) in [5.74, 6) is 1.14. The summed E-state index contributed by atoms with van der Waals surface area (Å²) in [6, 6.07) is 0. The smallest absolute Gasteiger partial charge is 0.244 e. The zero-order valence-electron chi connectivity index (χ0n) is 27.4. The average molecular weight is 601 g/mol. The van der Waals surface area contributed by atoms with E-state index >= 15 is 0 Å². The van der Waals surface area contributed by atoms with Crippen LogP contribution in [0, 0.1) is 20.2 Å². The molecular formula is C36H60N2O5. The second kappa shape index (κ2) is 21.3. The zero-order chi connectivity index (χ0) is 31.2. The topological polar surface area (TPSA) is 95.5 Å². The van der Waals surface area contributed by atoms with Gasteiger partial charge in [0.25, 0.3) is 0 Å². The zero-order valence-corrected chi connectivity index (χ0v) is 27.4. The maximum atomic E-state index is 12.0. The van der Waals surface area contributed by atoms with Crippen LogP contribution in [0.2, 0.25) is 0 Å². The summed E-state index contributed by atoms with van der Waals surface area (Å²) in [6.07, 6.45) is 36.2. The Morgan fingerprint density at radius 3 is 1.12 bits per heavy atom. The molecule has 2 rings (SSSR count). The first kappa shape index (κ1) is 36.8. The van der Waals surface area contributed by atoms with Crippen LogP contribution in [0.5, 0.6) is 0 Å². The van der Waals surface area contributed by atoms with Crippen molar-refractivity contribution in [1.29, 1.82) is 0 Å². The Morgan fingerprint density at radius 2 is 0.860 bits per heavy atom. The van der Waals surface area contributed by atoms with E-state index in [9.17, 15) is 20.2 Å². The number of nitrogens with zero attached hydrogens (tertiary/aromatic N) is 2. The molecule has 7 nitrogen and oxygen atoms in total. The molecule has 7 heteroatoms. The molecule has 0 fully saturated rings. The van der Waals surface area contributed by atoms with Gasteiger partial charge in [-0.25, -0.2) is 0 Å². The normalized spacial score (nSPS) is 21.4. The minimum Gasteiger partial charge on any atom is -0.458 e. The fraction of sp³-hybridized carbons (Fsp3) is 0.778. The summed E-state index contributed by atoms with van der Waals surface area (Å²) >= 11 is 0. The van der Waals surface area contributed by atoms with Crippen molar-refractivity contribution in [3.63, 3.8) is 0 Å². The first-order valence-corrected chi connectivity index (χ1v) is 17.6. The average Bonchev–Trinajstić information content (AvgIpc) is 3.00. The molecule has 0 saturated heterocycles. The number of unbranched alkanes of at least 4 members (excludes halogenated alkanes) is 18. The fourth-order valence-corrected chi connectivity index (χ4v) is 6.25. The predicted molar refractivity (Wildman–Crippen MR) is 177 cm³/mol. The van der Waals surface area contributed by atoms with Crippen LogP contribution in [0.4, 0.5) is 0 Å². The highest BCUT2D eigenvalue weighted by molar-refractivity contribution is 5.29. The lowest BCUT2D eigenvalue weighted by atomic mass is 9.85. The number of allylic oxidation sites excluding steroid dienone is 2. The van der Waals surface area contributed by atoms with E-state index in [1.54, 1.807) is 36.5 Å². The molecule has 0 aliphatic heterocycles. The van der Waals surface area contributed by atoms with Crippen molar-refractivity contribution in [3.8, 4) is 0 Å². The summed E-state index contributed by atoms with van der Waals surface area (Å²) in [7, 11) is 0. The second-order valence-electron chi connectivity index (χ2n) is 13.0. The number of nitro groups is 2. The van der Waals surface area contributed by atoms with Crippen molar-refractivity contribution in [2.75, 3.05) is 0 Å². The van der Waals surface area contributed by atoms with Crippen molar-refractivity contribution < 1.29 is 14.6 Å². The van der Waals surface area contributed by atoms with Gasteiger partial charge in [0.15, 0.2) is 0 Å². The first-order chi connectivity index (χ1) is 20.9. The quantitative estimate of drug-likeness (QED) is 0.0559. The molecule has 2 aliphatic carbocycles. The van der Waals surface area contributed by atoms with Crippen LogP contribution >= 0.6 is 0 Å². The van der Waals surface area contributed by atoms with Gasteiger partial charge in [0.1, 0.15) is 11.5 Å². The molecule has 0 heterocycles. The third kappa shape index (κ3) is 13.8. The van der Waals surface area contributed by atoms with Gasteiger partial charge in [-0.15, -0.1) is 0 Å². The third-order valence-electron chi connectivity index (χ3n) is 9.32. The number of hydrogen-bond donors (Lipinski definition) is 0. The van der Waals surface area contributed by atoms with Gasteiger partial charge < -0.3 is 4.74 Å². The lowest BCUT2D eigenvalue weighted by Crippen LogP contribution is -2.37. The van der Waals surface area contributed by atoms with E-state index in [0.29, 0.717) is 37.2 Å². The van der Waals surface area contributed by atoms with Crippen molar-refractivity contribution in [2.24, 2.45) is 0 Å². The van der Waals surface area contributed by atoms with Crippen LogP contribution in [0.1, 0.15) is 168 Å². The number of rotatable bonds is 26. The molecule has 0 N–H and O–H groups in total. The Kier molecular flexibility index (Phi) is 18.2. The van der Waals surface area contributed by atoms with Gasteiger partial charge in [-0.3, -0.25) is 20.2 Å². The molecule has 0 bridgehead atoms. The molecule has 43 heavy (non-hydrogen) atoms. The Morgan fingerprint density at radius 1 is 0.558 bits per heavy atom. The summed E-state index contributed by atoms with van der Waals surface area (Å²) in [4.78, 5) is 23.7. The van der Waals surface area contributed by atoms with Gasteiger partial charge in [-0.1, -0.05) is 129 Å². The van der Waals surface area contributed by atoms with Crippen LogP contribution in [0.3, 0.4) is 0 Å². The highest BCUT2D eigenvalue weighted by atomic mass is 16.6. The van der Waals surface area contributed by atoms with Crippen LogP contribution in [-0.4, -0.2) is 20.9 Å². The lowest BCUT2D eigenvalue weighted by Gasteiger charge is -2.26. The van der Waals surface area contributed by atoms with E-state index in [4.69, 9.17) is 4.74 Å². The second-order valence-corrected chi connectivity index (χ2v) is 13.0. The van der Waals surface area contributed by atoms with E-state index in [2.05, 4.69) is 13.8 Å². The van der Waals surface area contributed by atoms with Gasteiger partial charge in [0.2, 0.25) is 11.1 Å². The minimum absolute atomic E-state index is 0.149. The molecule has 0 saturated carbocycles. The van der Waals surface area contributed by atoms with Gasteiger partial charge in [-0.2, -0.15) is 0 Å². The van der Waals surface area contributed by atoms with Crippen molar-refractivity contribution in [3.05, 3.63) is 68.2 Å². The van der Waals surface area contributed by atoms with Gasteiger partial charge in [-0.05, 0) is 49.3 Å². The summed E-state index contributed by atoms with van der Waals surface area (Å²) in [5.41, 5.74) is -2.14. The molecule has 2 aliphatic rings. The van der Waals surface area contributed by atoms with Gasteiger partial charge >= 0.3 is 0 Å². The molecule has 0 amide bonds. The predicted octanol–water partition coefficient (Wildman–Crippen LogP) is 11.3. The largest absolute Gasteiger partial charge is 0.458 e. The summed E-state index contributed by atoms with van der Waals surface area (Å²) < 4.78 is 5.99. The molecule has 0 aromatic rings. The van der Waals surface area contributed by atoms with Crippen molar-refractivity contribution >= 4 is 0 Å². The van der Waals surface area contributed by atoms with E-state index in [-0.39, 0.29) is 9.85 Å². The molecule has 0 aromatic carbocycles. The van der Waals surface area contributed by atoms with Crippen LogP contribution in [0.15, 0.2) is 48.0 Å². The van der Waals surface area contributed by atoms with E-state index in [1.165, 1.54) is 89.9 Å². The molecule has 0 spiro atoms. The van der Waals surface area contributed by atoms with Gasteiger partial charge in [0.05, 0.1) is 0 Å². The van der Waals surface area contributed by atoms with E-state index in [1.807, 2.05) is 0 Å². The monoisotopic (exact) mass is 600 g/mol. The molecular weight excluding hydrogens is 540 g/mol. The summed E-state index contributed by atoms with van der Waals surface area (Å²) in [6.45, 7) is 4.47. The highest BCUT2D eigenvalue weighted by Gasteiger charge is 2.42. The van der Waals surface area contributed by atoms with Gasteiger partial charge in [0, 0.05) is 35.5 Å². The Bertz CT molecular complexity index is 866. The van der Waals surface area contributed by atoms with Crippen LogP contribution in [-0.2, 0) is 4.74 Å². The van der Waals surface area contributed by atoms with Crippen LogP contribution < -0.4 is 0 Å². The molecule has 244 valence electrons. The van der Waals surface area contributed by atoms with Crippen molar-refractivity contribution in [1.82, 2.24) is 0 Å². The van der Waals surface area contributed by atoms with E-state index < -0.39 is 11.1 Å². The lowest BCUT2D eigenvalue weighted by molar-refractivity contribution is -0.556. The number of hydrogen-bond acceptors (Lipinski definition) is 5. The maximum absolute atomic E-state index is 12.0. The Hall–Kier alpha value is -2.44. The third-order valence-corrected chi connectivity index (χ3v) is 9.32. The fourth-order valence-electron chi connectivity index (χ4n) is 6.25. The Labute approximate surface area is 261 Å².